The number of likely N-dealkylation sites (tertiary alicyclic amines) is 1. The third-order valence-electron chi connectivity index (χ3n) is 5.17. The minimum Gasteiger partial charge on any atom is -0.356 e. The molecule has 8 heteroatoms. The Balaban J connectivity index is 0.00000420. The molecule has 0 bridgehead atoms. The molecule has 0 aromatic heterocycles. The average Bonchev–Trinajstić information content (AvgIpc) is 2.67. The third-order valence-corrected chi connectivity index (χ3v) is 5.48. The molecular weight excluding hydrogens is 501 g/mol. The van der Waals surface area contributed by atoms with Gasteiger partial charge in [0.05, 0.1) is 10.7 Å². The first-order valence-corrected chi connectivity index (χ1v) is 10.5. The highest BCUT2D eigenvalue weighted by molar-refractivity contribution is 14.0. The molecule has 6 nitrogen and oxygen atoms in total. The number of rotatable bonds is 7. The zero-order chi connectivity index (χ0) is 20.6. The number of carbonyl (C=O) groups is 1. The summed E-state index contributed by atoms with van der Waals surface area (Å²) in [7, 11) is 1.75. The number of carbonyl (C=O) groups excluding carboxylic acids is 1. The van der Waals surface area contributed by atoms with Crippen LogP contribution >= 0.6 is 35.6 Å². The van der Waals surface area contributed by atoms with Crippen molar-refractivity contribution in [3.05, 3.63) is 28.8 Å². The maximum Gasteiger partial charge on any atom is 0.226 e. The van der Waals surface area contributed by atoms with Crippen molar-refractivity contribution in [2.24, 2.45) is 4.99 Å². The van der Waals surface area contributed by atoms with E-state index in [0.717, 1.165) is 25.2 Å². The smallest absolute Gasteiger partial charge is 0.226 e. The van der Waals surface area contributed by atoms with Crippen LogP contribution in [0.2, 0.25) is 5.02 Å². The van der Waals surface area contributed by atoms with Gasteiger partial charge in [-0.25, -0.2) is 0 Å². The van der Waals surface area contributed by atoms with Crippen molar-refractivity contribution in [2.45, 2.75) is 52.0 Å². The van der Waals surface area contributed by atoms with E-state index in [1.165, 1.54) is 19.3 Å². The summed E-state index contributed by atoms with van der Waals surface area (Å²) in [4.78, 5) is 19.0. The number of aryl methyl sites for hydroxylation is 1. The number of anilines is 1. The van der Waals surface area contributed by atoms with Gasteiger partial charge in [0.1, 0.15) is 0 Å². The van der Waals surface area contributed by atoms with Crippen LogP contribution in [0.4, 0.5) is 5.69 Å². The largest absolute Gasteiger partial charge is 0.356 e. The Morgan fingerprint density at radius 3 is 2.52 bits per heavy atom. The molecule has 0 atom stereocenters. The summed E-state index contributed by atoms with van der Waals surface area (Å²) < 4.78 is 0. The zero-order valence-electron chi connectivity index (χ0n) is 18.0. The van der Waals surface area contributed by atoms with E-state index in [1.54, 1.807) is 7.05 Å². The second-order valence-electron chi connectivity index (χ2n) is 7.99. The molecule has 1 saturated heterocycles. The summed E-state index contributed by atoms with van der Waals surface area (Å²) in [6.07, 6.45) is 4.21. The highest BCUT2D eigenvalue weighted by Gasteiger charge is 2.27. The van der Waals surface area contributed by atoms with Gasteiger partial charge in [-0.1, -0.05) is 24.1 Å². The molecule has 0 spiro atoms. The number of piperidine rings is 1. The molecule has 1 fully saturated rings. The van der Waals surface area contributed by atoms with E-state index in [0.29, 0.717) is 29.6 Å². The van der Waals surface area contributed by atoms with Crippen LogP contribution in [0.1, 0.15) is 45.1 Å². The topological polar surface area (TPSA) is 68.8 Å². The first-order valence-electron chi connectivity index (χ1n) is 10.1. The Kier molecular flexibility index (Phi) is 11.3. The van der Waals surface area contributed by atoms with Crippen molar-refractivity contribution in [2.75, 3.05) is 38.5 Å². The minimum atomic E-state index is -0.0812. The second kappa shape index (κ2) is 12.6. The van der Waals surface area contributed by atoms with Gasteiger partial charge in [-0.3, -0.25) is 14.7 Å². The molecule has 0 radical (unpaired) electrons. The number of hydrogen-bond donors (Lipinski definition) is 3. The molecule has 1 aromatic rings. The van der Waals surface area contributed by atoms with Crippen LogP contribution in [-0.2, 0) is 4.79 Å². The average molecular weight is 536 g/mol. The summed E-state index contributed by atoms with van der Waals surface area (Å²) in [6.45, 7) is 10.1. The molecule has 29 heavy (non-hydrogen) atoms. The molecule has 0 unspecified atom stereocenters. The van der Waals surface area contributed by atoms with Crippen LogP contribution in [-0.4, -0.2) is 55.5 Å². The number of halogens is 2. The number of guanidine groups is 1. The Bertz CT molecular complexity index is 690. The molecule has 0 aliphatic carbocycles. The number of nitrogens with zero attached hydrogens (tertiary/aromatic N) is 2. The van der Waals surface area contributed by atoms with Crippen molar-refractivity contribution in [3.63, 3.8) is 0 Å². The lowest BCUT2D eigenvalue weighted by molar-refractivity contribution is -0.116. The van der Waals surface area contributed by atoms with Crippen molar-refractivity contribution >= 4 is 53.1 Å². The summed E-state index contributed by atoms with van der Waals surface area (Å²) in [5, 5.41) is 10.0. The van der Waals surface area contributed by atoms with E-state index in [4.69, 9.17) is 11.6 Å². The molecule has 2 rings (SSSR count). The fraction of sp³-hybridized carbons (Fsp3) is 0.619. The molecule has 0 saturated carbocycles. The molecule has 164 valence electrons. The summed E-state index contributed by atoms with van der Waals surface area (Å²) in [5.41, 5.74) is 1.77. The Hall–Kier alpha value is -1.06. The van der Waals surface area contributed by atoms with E-state index in [9.17, 15) is 4.79 Å². The summed E-state index contributed by atoms with van der Waals surface area (Å²) in [5.74, 6) is 0.633. The van der Waals surface area contributed by atoms with Crippen LogP contribution < -0.4 is 16.0 Å². The number of hydrogen-bond acceptors (Lipinski definition) is 3. The van der Waals surface area contributed by atoms with Crippen molar-refractivity contribution in [1.82, 2.24) is 15.5 Å². The van der Waals surface area contributed by atoms with Gasteiger partial charge in [0, 0.05) is 32.1 Å². The lowest BCUT2D eigenvalue weighted by Gasteiger charge is -2.41. The third kappa shape index (κ3) is 8.68. The monoisotopic (exact) mass is 535 g/mol. The van der Waals surface area contributed by atoms with Gasteiger partial charge in [-0.15, -0.1) is 24.0 Å². The maximum atomic E-state index is 12.2. The van der Waals surface area contributed by atoms with E-state index in [-0.39, 0.29) is 35.4 Å². The van der Waals surface area contributed by atoms with Gasteiger partial charge in [0.25, 0.3) is 0 Å². The Morgan fingerprint density at radius 1 is 1.21 bits per heavy atom. The summed E-state index contributed by atoms with van der Waals surface area (Å²) in [6, 6.07) is 5.59. The lowest BCUT2D eigenvalue weighted by Crippen LogP contribution is -2.55. The van der Waals surface area contributed by atoms with Gasteiger partial charge >= 0.3 is 0 Å². The predicted octanol–water partition coefficient (Wildman–Crippen LogP) is 4.02. The van der Waals surface area contributed by atoms with Gasteiger partial charge in [-0.05, 0) is 64.4 Å². The van der Waals surface area contributed by atoms with Gasteiger partial charge in [0.2, 0.25) is 5.91 Å². The van der Waals surface area contributed by atoms with Crippen LogP contribution in [0.25, 0.3) is 0 Å². The fourth-order valence-electron chi connectivity index (χ4n) is 3.36. The highest BCUT2D eigenvalue weighted by atomic mass is 127. The van der Waals surface area contributed by atoms with Crippen LogP contribution in [0, 0.1) is 6.92 Å². The standard InChI is InChI=1S/C21H34ClN5O.HI/c1-16-8-9-18(17(22)14-16)26-19(28)10-11-24-20(23-4)25-15-21(2,3)27-12-6-5-7-13-27;/h8-9,14H,5-7,10-13,15H2,1-4H3,(H,26,28)(H2,23,24,25);1H. The van der Waals surface area contributed by atoms with Crippen molar-refractivity contribution < 1.29 is 4.79 Å². The van der Waals surface area contributed by atoms with Gasteiger partial charge < -0.3 is 16.0 Å². The number of aliphatic imine (C=N–C) groups is 1. The molecule has 3 N–H and O–H groups in total. The molecule has 1 amide bonds. The number of benzene rings is 1. The van der Waals surface area contributed by atoms with E-state index in [2.05, 4.69) is 39.7 Å². The maximum absolute atomic E-state index is 12.2. The zero-order valence-corrected chi connectivity index (χ0v) is 21.1. The molecule has 1 aliphatic rings. The fourth-order valence-corrected chi connectivity index (χ4v) is 3.64. The molecular formula is C21H35ClIN5O. The van der Waals surface area contributed by atoms with Crippen LogP contribution in [0.5, 0.6) is 0 Å². The minimum absolute atomic E-state index is 0. The Labute approximate surface area is 197 Å². The first kappa shape index (κ1) is 26.0. The van der Waals surface area contributed by atoms with Crippen LogP contribution in [0.3, 0.4) is 0 Å². The van der Waals surface area contributed by atoms with Crippen LogP contribution in [0.15, 0.2) is 23.2 Å². The normalized spacial score (nSPS) is 15.4. The van der Waals surface area contributed by atoms with E-state index in [1.807, 2.05) is 25.1 Å². The van der Waals surface area contributed by atoms with E-state index < -0.39 is 0 Å². The second-order valence-corrected chi connectivity index (χ2v) is 8.40. The number of nitrogens with one attached hydrogen (secondary N) is 3. The molecule has 1 heterocycles. The molecule has 1 aromatic carbocycles. The Morgan fingerprint density at radius 2 is 1.90 bits per heavy atom. The van der Waals surface area contributed by atoms with Crippen molar-refractivity contribution in [1.29, 1.82) is 0 Å². The first-order chi connectivity index (χ1) is 13.3. The SMILES string of the molecule is CN=C(NCCC(=O)Nc1ccc(C)cc1Cl)NCC(C)(C)N1CCCCC1.I. The lowest BCUT2D eigenvalue weighted by atomic mass is 9.98. The van der Waals surface area contributed by atoms with Gasteiger partial charge in [0.15, 0.2) is 5.96 Å². The quantitative estimate of drug-likeness (QED) is 0.280. The van der Waals surface area contributed by atoms with Crippen molar-refractivity contribution in [3.8, 4) is 0 Å². The predicted molar refractivity (Wildman–Crippen MR) is 134 cm³/mol. The summed E-state index contributed by atoms with van der Waals surface area (Å²) >= 11 is 6.17. The van der Waals surface area contributed by atoms with Gasteiger partial charge in [-0.2, -0.15) is 0 Å². The molecule has 1 aliphatic heterocycles. The highest BCUT2D eigenvalue weighted by Crippen LogP contribution is 2.22. The van der Waals surface area contributed by atoms with E-state index >= 15 is 0 Å². The number of amides is 1.